The largest absolute Gasteiger partial charge is 0.340 e. The average molecular weight is 521 g/mol. The molecule has 36 heavy (non-hydrogen) atoms. The van der Waals surface area contributed by atoms with Gasteiger partial charge in [-0.3, -0.25) is 14.5 Å². The number of benzene rings is 1. The number of amides is 1. The summed E-state index contributed by atoms with van der Waals surface area (Å²) >= 11 is 2.91. The van der Waals surface area contributed by atoms with Crippen LogP contribution in [0.4, 0.5) is 11.5 Å². The molecule has 3 aromatic heterocycles. The van der Waals surface area contributed by atoms with E-state index in [-0.39, 0.29) is 10.8 Å². The van der Waals surface area contributed by atoms with E-state index in [1.165, 1.54) is 47.6 Å². The van der Waals surface area contributed by atoms with Crippen LogP contribution in [0.25, 0.3) is 20.4 Å². The molecule has 186 valence electrons. The highest BCUT2D eigenvalue weighted by Gasteiger charge is 2.36. The molecule has 0 radical (unpaired) electrons. The fraction of sp³-hybridized carbons (Fsp3) is 0.462. The minimum atomic E-state index is -0.0526. The first-order valence-corrected chi connectivity index (χ1v) is 14.4. The molecule has 1 unspecified atom stereocenters. The highest BCUT2D eigenvalue weighted by atomic mass is 32.1. The lowest BCUT2D eigenvalue weighted by atomic mass is 9.86. The minimum Gasteiger partial charge on any atom is -0.340 e. The summed E-state index contributed by atoms with van der Waals surface area (Å²) in [5.74, 6) is 1.19. The summed E-state index contributed by atoms with van der Waals surface area (Å²) in [6.07, 6.45) is 7.95. The van der Waals surface area contributed by atoms with E-state index in [9.17, 15) is 9.59 Å². The molecule has 2 fully saturated rings. The lowest BCUT2D eigenvalue weighted by Crippen LogP contribution is -2.57. The van der Waals surface area contributed by atoms with Gasteiger partial charge in [0, 0.05) is 42.2 Å². The monoisotopic (exact) mass is 520 g/mol. The number of aromatic nitrogens is 3. The van der Waals surface area contributed by atoms with Crippen LogP contribution in [-0.4, -0.2) is 62.9 Å². The molecule has 5 heterocycles. The predicted octanol–water partition coefficient (Wildman–Crippen LogP) is 4.14. The van der Waals surface area contributed by atoms with Gasteiger partial charge < -0.3 is 15.2 Å². The number of piperazine rings is 1. The van der Waals surface area contributed by atoms with Gasteiger partial charge >= 0.3 is 4.87 Å². The third kappa shape index (κ3) is 3.91. The van der Waals surface area contributed by atoms with Crippen molar-refractivity contribution in [1.29, 1.82) is 0 Å². The van der Waals surface area contributed by atoms with Gasteiger partial charge in [0.25, 0.3) is 0 Å². The molecule has 4 aromatic rings. The van der Waals surface area contributed by atoms with Crippen molar-refractivity contribution in [2.45, 2.75) is 44.6 Å². The van der Waals surface area contributed by atoms with Crippen LogP contribution in [0, 0.1) is 5.92 Å². The smallest absolute Gasteiger partial charge is 0.305 e. The predicted molar refractivity (Wildman–Crippen MR) is 144 cm³/mol. The van der Waals surface area contributed by atoms with E-state index in [0.29, 0.717) is 11.9 Å². The molecule has 2 atom stereocenters. The molecule has 0 spiro atoms. The summed E-state index contributed by atoms with van der Waals surface area (Å²) in [7, 11) is 0. The van der Waals surface area contributed by atoms with E-state index >= 15 is 0 Å². The normalized spacial score (nSPS) is 22.5. The van der Waals surface area contributed by atoms with E-state index in [2.05, 4.69) is 30.1 Å². The number of aryl methyl sites for hydroxylation is 1. The topological polar surface area (TPSA) is 94.2 Å². The molecule has 7 rings (SSSR count). The Balaban J connectivity index is 1.13. The van der Waals surface area contributed by atoms with Gasteiger partial charge in [-0.05, 0) is 62.4 Å². The number of thiazole rings is 1. The molecule has 3 aliphatic rings. The first-order valence-electron chi connectivity index (χ1n) is 12.8. The van der Waals surface area contributed by atoms with E-state index in [1.54, 1.807) is 17.7 Å². The van der Waals surface area contributed by atoms with Gasteiger partial charge in [-0.25, -0.2) is 9.97 Å². The van der Waals surface area contributed by atoms with Crippen LogP contribution in [0.2, 0.25) is 0 Å². The Labute approximate surface area is 216 Å². The Kier molecular flexibility index (Phi) is 5.55. The Morgan fingerprint density at radius 2 is 2.06 bits per heavy atom. The van der Waals surface area contributed by atoms with Gasteiger partial charge in [0.1, 0.15) is 17.0 Å². The van der Waals surface area contributed by atoms with Gasteiger partial charge in [-0.2, -0.15) is 0 Å². The maximum Gasteiger partial charge on any atom is 0.305 e. The number of carbonyl (C=O) groups is 1. The van der Waals surface area contributed by atoms with Crippen molar-refractivity contribution in [3.05, 3.63) is 44.6 Å². The van der Waals surface area contributed by atoms with Crippen molar-refractivity contribution in [2.24, 2.45) is 5.92 Å². The van der Waals surface area contributed by atoms with Gasteiger partial charge in [-0.15, -0.1) is 11.3 Å². The molecular formula is C26H28N6O2S2. The number of fused-ring (bicyclic) bond motifs is 5. The van der Waals surface area contributed by atoms with E-state index < -0.39 is 0 Å². The van der Waals surface area contributed by atoms with Crippen LogP contribution < -0.4 is 10.2 Å². The van der Waals surface area contributed by atoms with E-state index in [4.69, 9.17) is 0 Å². The van der Waals surface area contributed by atoms with Crippen LogP contribution in [0.3, 0.4) is 0 Å². The van der Waals surface area contributed by atoms with Crippen molar-refractivity contribution >= 4 is 60.5 Å². The Bertz CT molecular complexity index is 1520. The Morgan fingerprint density at radius 1 is 1.11 bits per heavy atom. The lowest BCUT2D eigenvalue weighted by molar-refractivity contribution is -0.139. The molecule has 0 bridgehead atoms. The fourth-order valence-electron chi connectivity index (χ4n) is 6.19. The third-order valence-electron chi connectivity index (χ3n) is 8.03. The lowest BCUT2D eigenvalue weighted by Gasteiger charge is -2.45. The molecule has 0 saturated carbocycles. The number of hydrogen-bond acceptors (Lipinski definition) is 8. The number of H-pyrrole nitrogens is 1. The van der Waals surface area contributed by atoms with Crippen LogP contribution in [0.5, 0.6) is 0 Å². The van der Waals surface area contributed by atoms with Crippen LogP contribution in [-0.2, 0) is 17.6 Å². The van der Waals surface area contributed by atoms with Crippen molar-refractivity contribution < 1.29 is 4.79 Å². The number of aromatic amines is 1. The Hall–Kier alpha value is -2.82. The minimum absolute atomic E-state index is 0.0526. The van der Waals surface area contributed by atoms with Crippen molar-refractivity contribution in [3.63, 3.8) is 0 Å². The maximum absolute atomic E-state index is 13.5. The number of anilines is 2. The average Bonchev–Trinajstić information content (AvgIpc) is 3.47. The molecule has 2 aliphatic heterocycles. The molecule has 2 N–H and O–H groups in total. The summed E-state index contributed by atoms with van der Waals surface area (Å²) in [5, 5.41) is 4.53. The van der Waals surface area contributed by atoms with Crippen LogP contribution >= 0.6 is 22.7 Å². The number of nitrogens with one attached hydrogen (secondary N) is 2. The second-order valence-electron chi connectivity index (χ2n) is 10.2. The molecule has 1 aliphatic carbocycles. The van der Waals surface area contributed by atoms with Crippen LogP contribution in [0.15, 0.2) is 29.3 Å². The SMILES string of the molecule is O=C([C@@H]1CCc2c(sc3ncnc(Nc4ccc5[nH]c(=O)sc5c4)c23)C1)N1CCN2CCCCC2C1. The second kappa shape index (κ2) is 8.93. The number of rotatable bonds is 3. The summed E-state index contributed by atoms with van der Waals surface area (Å²) in [5.41, 5.74) is 3.02. The number of piperidine rings is 1. The zero-order chi connectivity index (χ0) is 24.2. The fourth-order valence-corrected chi connectivity index (χ4v) is 8.23. The molecule has 1 amide bonds. The number of hydrogen-bond donors (Lipinski definition) is 2. The highest BCUT2D eigenvalue weighted by Crippen LogP contribution is 2.41. The zero-order valence-electron chi connectivity index (χ0n) is 20.0. The van der Waals surface area contributed by atoms with Crippen LogP contribution in [0.1, 0.15) is 36.1 Å². The summed E-state index contributed by atoms with van der Waals surface area (Å²) < 4.78 is 0.915. The summed E-state index contributed by atoms with van der Waals surface area (Å²) in [6.45, 7) is 3.98. The molecular weight excluding hydrogens is 492 g/mol. The number of thiophene rings is 1. The molecule has 10 heteroatoms. The first-order chi connectivity index (χ1) is 17.6. The number of carbonyl (C=O) groups excluding carboxylic acids is 1. The van der Waals surface area contributed by atoms with E-state index in [0.717, 1.165) is 70.8 Å². The molecule has 8 nitrogen and oxygen atoms in total. The third-order valence-corrected chi connectivity index (χ3v) is 10.0. The van der Waals surface area contributed by atoms with Gasteiger partial charge in [0.2, 0.25) is 5.91 Å². The second-order valence-corrected chi connectivity index (χ2v) is 12.3. The number of nitrogens with zero attached hydrogens (tertiary/aromatic N) is 4. The summed E-state index contributed by atoms with van der Waals surface area (Å²) in [4.78, 5) is 44.1. The quantitative estimate of drug-likeness (QED) is 0.422. The van der Waals surface area contributed by atoms with Gasteiger partial charge in [0.15, 0.2) is 0 Å². The molecule has 1 aromatic carbocycles. The maximum atomic E-state index is 13.5. The van der Waals surface area contributed by atoms with Crippen molar-refractivity contribution in [2.75, 3.05) is 31.5 Å². The first kappa shape index (κ1) is 22.4. The van der Waals surface area contributed by atoms with Crippen molar-refractivity contribution in [1.82, 2.24) is 24.8 Å². The van der Waals surface area contributed by atoms with Gasteiger partial charge in [-0.1, -0.05) is 17.8 Å². The zero-order valence-corrected chi connectivity index (χ0v) is 21.6. The standard InChI is InChI=1S/C26H28N6O2S2/c33-25(32-10-9-31-8-2-1-3-17(31)13-32)15-4-6-18-20(11-15)35-24-22(18)23(27-14-28-24)29-16-5-7-19-21(12-16)36-26(34)30-19/h5,7,12,14-15,17H,1-4,6,8-11,13H2,(H,30,34)(H,27,28,29)/t15-,17?/m1/s1. The summed E-state index contributed by atoms with van der Waals surface area (Å²) in [6, 6.07) is 6.40. The van der Waals surface area contributed by atoms with Gasteiger partial charge in [0.05, 0.1) is 15.6 Å². The van der Waals surface area contributed by atoms with E-state index in [1.807, 2.05) is 18.2 Å². The Morgan fingerprint density at radius 3 is 3.00 bits per heavy atom. The molecule has 2 saturated heterocycles. The highest BCUT2D eigenvalue weighted by molar-refractivity contribution is 7.19. The van der Waals surface area contributed by atoms with Crippen molar-refractivity contribution in [3.8, 4) is 0 Å².